The van der Waals surface area contributed by atoms with E-state index >= 15 is 0 Å². The SMILES string of the molecule is O=C(NC1C=CS(=O)(=O)C1)c1ccc(Cl)c([N+](=O)[O-])c1. The summed E-state index contributed by atoms with van der Waals surface area (Å²) in [5.41, 5.74) is -0.340. The highest BCUT2D eigenvalue weighted by atomic mass is 35.5. The van der Waals surface area contributed by atoms with Crippen molar-refractivity contribution >= 4 is 33.0 Å². The van der Waals surface area contributed by atoms with Gasteiger partial charge in [-0.2, -0.15) is 0 Å². The van der Waals surface area contributed by atoms with Crippen LogP contribution in [-0.4, -0.2) is 31.0 Å². The average Bonchev–Trinajstić information content (AvgIpc) is 2.68. The second-order valence-electron chi connectivity index (χ2n) is 4.16. The standard InChI is InChI=1S/C11H9ClN2O5S/c12-9-2-1-7(5-10(9)14(16)17)11(15)13-8-3-4-20(18,19)6-8/h1-5,8H,6H2,(H,13,15). The largest absolute Gasteiger partial charge is 0.345 e. The molecule has 20 heavy (non-hydrogen) atoms. The lowest BCUT2D eigenvalue weighted by Gasteiger charge is -2.10. The molecule has 1 aliphatic heterocycles. The molecule has 0 spiro atoms. The molecule has 1 unspecified atom stereocenters. The Labute approximate surface area is 119 Å². The van der Waals surface area contributed by atoms with Crippen molar-refractivity contribution < 1.29 is 18.1 Å². The molecule has 0 aliphatic carbocycles. The van der Waals surface area contributed by atoms with Gasteiger partial charge >= 0.3 is 0 Å². The van der Waals surface area contributed by atoms with E-state index in [1.807, 2.05) is 0 Å². The van der Waals surface area contributed by atoms with E-state index in [-0.39, 0.29) is 22.0 Å². The van der Waals surface area contributed by atoms with Crippen LogP contribution in [0.2, 0.25) is 5.02 Å². The molecule has 1 N–H and O–H groups in total. The first-order chi connectivity index (χ1) is 9.28. The summed E-state index contributed by atoms with van der Waals surface area (Å²) >= 11 is 5.64. The number of halogens is 1. The van der Waals surface area contributed by atoms with Crippen molar-refractivity contribution in [1.82, 2.24) is 5.32 Å². The second-order valence-corrected chi connectivity index (χ2v) is 6.50. The third-order valence-corrected chi connectivity index (χ3v) is 4.37. The van der Waals surface area contributed by atoms with E-state index in [0.29, 0.717) is 0 Å². The Morgan fingerprint density at radius 2 is 2.15 bits per heavy atom. The molecule has 7 nitrogen and oxygen atoms in total. The minimum atomic E-state index is -3.28. The number of hydrogen-bond acceptors (Lipinski definition) is 5. The third-order valence-electron chi connectivity index (χ3n) is 2.65. The van der Waals surface area contributed by atoms with Gasteiger partial charge in [0, 0.05) is 17.0 Å². The van der Waals surface area contributed by atoms with Crippen molar-refractivity contribution in [2.24, 2.45) is 0 Å². The summed E-state index contributed by atoms with van der Waals surface area (Å²) in [6.45, 7) is 0. The minimum Gasteiger partial charge on any atom is -0.345 e. The molecule has 0 saturated carbocycles. The Hall–Kier alpha value is -1.93. The third kappa shape index (κ3) is 3.14. The molecule has 0 bridgehead atoms. The van der Waals surface area contributed by atoms with Crippen molar-refractivity contribution in [2.75, 3.05) is 5.75 Å². The summed E-state index contributed by atoms with van der Waals surface area (Å²) in [4.78, 5) is 21.9. The lowest BCUT2D eigenvalue weighted by molar-refractivity contribution is -0.384. The van der Waals surface area contributed by atoms with E-state index in [1.165, 1.54) is 18.2 Å². The Bertz CT molecular complexity index is 714. The van der Waals surface area contributed by atoms with Gasteiger partial charge in [-0.3, -0.25) is 14.9 Å². The number of nitro benzene ring substituents is 1. The van der Waals surface area contributed by atoms with E-state index < -0.39 is 26.7 Å². The van der Waals surface area contributed by atoms with Crippen molar-refractivity contribution in [3.8, 4) is 0 Å². The zero-order valence-corrected chi connectivity index (χ0v) is 11.5. The Morgan fingerprint density at radius 1 is 1.45 bits per heavy atom. The number of rotatable bonds is 3. The number of benzene rings is 1. The van der Waals surface area contributed by atoms with Crippen molar-refractivity contribution in [3.63, 3.8) is 0 Å². The van der Waals surface area contributed by atoms with Gasteiger partial charge in [0.05, 0.1) is 16.7 Å². The summed E-state index contributed by atoms with van der Waals surface area (Å²) < 4.78 is 22.4. The number of sulfone groups is 1. The highest BCUT2D eigenvalue weighted by molar-refractivity contribution is 7.94. The molecule has 1 amide bonds. The van der Waals surface area contributed by atoms with E-state index in [4.69, 9.17) is 11.6 Å². The molecule has 2 rings (SSSR count). The lowest BCUT2D eigenvalue weighted by Crippen LogP contribution is -2.35. The van der Waals surface area contributed by atoms with Gasteiger partial charge in [-0.05, 0) is 18.2 Å². The monoisotopic (exact) mass is 316 g/mol. The molecular formula is C11H9ClN2O5S. The molecule has 1 atom stereocenters. The molecule has 1 aromatic rings. The molecule has 1 aromatic carbocycles. The van der Waals surface area contributed by atoms with Gasteiger partial charge in [0.1, 0.15) is 5.02 Å². The van der Waals surface area contributed by atoms with Gasteiger partial charge in [0.15, 0.2) is 9.84 Å². The van der Waals surface area contributed by atoms with Gasteiger partial charge in [-0.1, -0.05) is 11.6 Å². The van der Waals surface area contributed by atoms with Crippen LogP contribution in [0.25, 0.3) is 0 Å². The van der Waals surface area contributed by atoms with Crippen molar-refractivity contribution in [1.29, 1.82) is 0 Å². The highest BCUT2D eigenvalue weighted by Gasteiger charge is 2.24. The first-order valence-electron chi connectivity index (χ1n) is 5.44. The van der Waals surface area contributed by atoms with Crippen LogP contribution in [0.4, 0.5) is 5.69 Å². The predicted octanol–water partition coefficient (Wildman–Crippen LogP) is 1.29. The van der Waals surface area contributed by atoms with Crippen LogP contribution < -0.4 is 5.32 Å². The maximum atomic E-state index is 11.9. The van der Waals surface area contributed by atoms with Gasteiger partial charge in [-0.15, -0.1) is 0 Å². The first-order valence-corrected chi connectivity index (χ1v) is 7.53. The van der Waals surface area contributed by atoms with E-state index in [1.54, 1.807) is 0 Å². The van der Waals surface area contributed by atoms with Gasteiger partial charge in [0.2, 0.25) is 0 Å². The van der Waals surface area contributed by atoms with Crippen molar-refractivity contribution in [2.45, 2.75) is 6.04 Å². The predicted molar refractivity (Wildman–Crippen MR) is 72.3 cm³/mol. The van der Waals surface area contributed by atoms with Crippen LogP contribution in [0.15, 0.2) is 29.7 Å². The quantitative estimate of drug-likeness (QED) is 0.668. The zero-order chi connectivity index (χ0) is 14.9. The molecule has 0 aromatic heterocycles. The number of hydrogen-bond donors (Lipinski definition) is 1. The van der Waals surface area contributed by atoms with Crippen LogP contribution in [0.5, 0.6) is 0 Å². The normalized spacial score (nSPS) is 19.8. The number of amides is 1. The Morgan fingerprint density at radius 3 is 2.70 bits per heavy atom. The molecule has 1 heterocycles. The van der Waals surface area contributed by atoms with Crippen LogP contribution in [0.3, 0.4) is 0 Å². The first kappa shape index (κ1) is 14.5. The van der Waals surface area contributed by atoms with E-state index in [2.05, 4.69) is 5.32 Å². The maximum absolute atomic E-state index is 11.9. The van der Waals surface area contributed by atoms with Gasteiger partial charge in [-0.25, -0.2) is 8.42 Å². The fourth-order valence-electron chi connectivity index (χ4n) is 1.71. The lowest BCUT2D eigenvalue weighted by atomic mass is 10.1. The fraction of sp³-hybridized carbons (Fsp3) is 0.182. The van der Waals surface area contributed by atoms with Crippen LogP contribution >= 0.6 is 11.6 Å². The topological polar surface area (TPSA) is 106 Å². The number of carbonyl (C=O) groups is 1. The van der Waals surface area contributed by atoms with Gasteiger partial charge in [0.25, 0.3) is 11.6 Å². The van der Waals surface area contributed by atoms with Crippen LogP contribution in [0.1, 0.15) is 10.4 Å². The molecule has 0 radical (unpaired) electrons. The Balaban J connectivity index is 2.16. The Kier molecular flexibility index (Phi) is 3.78. The maximum Gasteiger partial charge on any atom is 0.288 e. The second kappa shape index (κ2) is 5.22. The molecular weight excluding hydrogens is 308 g/mol. The number of nitrogens with zero attached hydrogens (tertiary/aromatic N) is 1. The summed E-state index contributed by atoms with van der Waals surface area (Å²) in [7, 11) is -3.28. The van der Waals surface area contributed by atoms with E-state index in [0.717, 1.165) is 11.5 Å². The molecule has 9 heteroatoms. The van der Waals surface area contributed by atoms with E-state index in [9.17, 15) is 23.3 Å². The molecule has 106 valence electrons. The molecule has 0 fully saturated rings. The highest BCUT2D eigenvalue weighted by Crippen LogP contribution is 2.25. The van der Waals surface area contributed by atoms with Crippen molar-refractivity contribution in [3.05, 3.63) is 50.4 Å². The number of carbonyl (C=O) groups excluding carboxylic acids is 1. The van der Waals surface area contributed by atoms with Crippen LogP contribution in [-0.2, 0) is 9.84 Å². The molecule has 1 aliphatic rings. The summed E-state index contributed by atoms with van der Waals surface area (Å²) in [5, 5.41) is 14.1. The van der Waals surface area contributed by atoms with Crippen LogP contribution in [0, 0.1) is 10.1 Å². The zero-order valence-electron chi connectivity index (χ0n) is 9.95. The summed E-state index contributed by atoms with van der Waals surface area (Å²) in [6.07, 6.45) is 1.36. The average molecular weight is 317 g/mol. The number of nitro groups is 1. The summed E-state index contributed by atoms with van der Waals surface area (Å²) in [5.74, 6) is -0.814. The van der Waals surface area contributed by atoms with Gasteiger partial charge < -0.3 is 5.32 Å². The minimum absolute atomic E-state index is 0.0406. The fourth-order valence-corrected chi connectivity index (χ4v) is 3.13. The number of nitrogens with one attached hydrogen (secondary N) is 1. The molecule has 0 saturated heterocycles. The smallest absolute Gasteiger partial charge is 0.288 e. The summed E-state index contributed by atoms with van der Waals surface area (Å²) in [6, 6.07) is 2.99.